The Morgan fingerprint density at radius 3 is 2.66 bits per heavy atom. The van der Waals surface area contributed by atoms with Crippen LogP contribution in [0.2, 0.25) is 5.15 Å². The van der Waals surface area contributed by atoms with Gasteiger partial charge in [0.25, 0.3) is 11.8 Å². The van der Waals surface area contributed by atoms with Crippen molar-refractivity contribution in [1.82, 2.24) is 24.6 Å². The number of para-hydroxylation sites is 1. The Morgan fingerprint density at radius 2 is 1.94 bits per heavy atom. The van der Waals surface area contributed by atoms with Gasteiger partial charge in [0.15, 0.2) is 0 Å². The third-order valence-electron chi connectivity index (χ3n) is 6.43. The predicted octanol–water partition coefficient (Wildman–Crippen LogP) is 4.05. The van der Waals surface area contributed by atoms with E-state index >= 15 is 0 Å². The van der Waals surface area contributed by atoms with Gasteiger partial charge in [-0.05, 0) is 51.0 Å². The van der Waals surface area contributed by atoms with Gasteiger partial charge in [0.2, 0.25) is 0 Å². The molecule has 0 radical (unpaired) electrons. The Bertz CT molecular complexity index is 1180. The van der Waals surface area contributed by atoms with Crippen LogP contribution < -0.4 is 0 Å². The SMILES string of the molecule is Cc1nn(-c2ccccc2)c2c1C(C)N(C1CCCN(C(=O)c3ccc(Cl)nc3)C1)C2=O. The number of aryl methyl sites for hydroxylation is 1. The summed E-state index contributed by atoms with van der Waals surface area (Å²) in [6.07, 6.45) is 3.21. The first kappa shape index (κ1) is 20.7. The second-order valence-electron chi connectivity index (χ2n) is 8.40. The molecule has 0 aliphatic carbocycles. The Kier molecular flexibility index (Phi) is 5.21. The van der Waals surface area contributed by atoms with Gasteiger partial charge in [0.05, 0.1) is 29.0 Å². The van der Waals surface area contributed by atoms with Gasteiger partial charge in [0, 0.05) is 24.8 Å². The topological polar surface area (TPSA) is 71.3 Å². The van der Waals surface area contributed by atoms with Gasteiger partial charge in [-0.1, -0.05) is 29.8 Å². The summed E-state index contributed by atoms with van der Waals surface area (Å²) in [5, 5.41) is 5.02. The maximum absolute atomic E-state index is 13.6. The second kappa shape index (κ2) is 8.06. The molecule has 4 heterocycles. The summed E-state index contributed by atoms with van der Waals surface area (Å²) in [7, 11) is 0. The third kappa shape index (κ3) is 3.37. The highest BCUT2D eigenvalue weighted by Gasteiger charge is 2.44. The van der Waals surface area contributed by atoms with E-state index in [1.807, 2.05) is 47.1 Å². The highest BCUT2D eigenvalue weighted by Crippen LogP contribution is 2.39. The highest BCUT2D eigenvalue weighted by molar-refractivity contribution is 6.29. The van der Waals surface area contributed by atoms with Crippen molar-refractivity contribution >= 4 is 23.4 Å². The number of pyridine rings is 1. The fourth-order valence-corrected chi connectivity index (χ4v) is 5.08. The number of fused-ring (bicyclic) bond motifs is 1. The Morgan fingerprint density at radius 1 is 1.16 bits per heavy atom. The van der Waals surface area contributed by atoms with Gasteiger partial charge in [0.1, 0.15) is 10.8 Å². The fourth-order valence-electron chi connectivity index (χ4n) is 4.97. The summed E-state index contributed by atoms with van der Waals surface area (Å²) in [4.78, 5) is 34.4. The van der Waals surface area contributed by atoms with E-state index in [2.05, 4.69) is 17.0 Å². The molecule has 0 saturated carbocycles. The molecule has 0 bridgehead atoms. The molecular formula is C24H24ClN5O2. The van der Waals surface area contributed by atoms with Gasteiger partial charge >= 0.3 is 0 Å². The molecule has 8 heteroatoms. The van der Waals surface area contributed by atoms with Crippen LogP contribution in [0.5, 0.6) is 0 Å². The average molecular weight is 450 g/mol. The standard InChI is InChI=1S/C24H24ClN5O2/c1-15-21-16(2)29(24(32)22(21)30(27-15)18-7-4-3-5-8-18)19-9-6-12-28(14-19)23(31)17-10-11-20(25)26-13-17/h3-5,7-8,10-11,13,16,19H,6,9,12,14H2,1-2H3. The molecule has 1 saturated heterocycles. The molecule has 1 fully saturated rings. The number of likely N-dealkylation sites (tertiary alicyclic amines) is 1. The van der Waals surface area contributed by atoms with Crippen molar-refractivity contribution in [3.63, 3.8) is 0 Å². The van der Waals surface area contributed by atoms with E-state index in [-0.39, 0.29) is 23.9 Å². The van der Waals surface area contributed by atoms with E-state index in [0.29, 0.717) is 29.5 Å². The zero-order valence-electron chi connectivity index (χ0n) is 18.0. The lowest BCUT2D eigenvalue weighted by Gasteiger charge is -2.39. The number of aromatic nitrogens is 3. The summed E-state index contributed by atoms with van der Waals surface area (Å²) >= 11 is 5.86. The van der Waals surface area contributed by atoms with Crippen LogP contribution in [0.4, 0.5) is 0 Å². The maximum Gasteiger partial charge on any atom is 0.273 e. The first-order valence-corrected chi connectivity index (χ1v) is 11.2. The van der Waals surface area contributed by atoms with Gasteiger partial charge in [-0.3, -0.25) is 9.59 Å². The van der Waals surface area contributed by atoms with Gasteiger partial charge in [-0.25, -0.2) is 9.67 Å². The Labute approximate surface area is 191 Å². The number of rotatable bonds is 3. The van der Waals surface area contributed by atoms with E-state index < -0.39 is 0 Å². The first-order chi connectivity index (χ1) is 15.5. The average Bonchev–Trinajstić information content (AvgIpc) is 3.29. The summed E-state index contributed by atoms with van der Waals surface area (Å²) in [6, 6.07) is 12.9. The zero-order valence-corrected chi connectivity index (χ0v) is 18.8. The van der Waals surface area contributed by atoms with Crippen molar-refractivity contribution < 1.29 is 9.59 Å². The van der Waals surface area contributed by atoms with Crippen LogP contribution in [0.25, 0.3) is 5.69 Å². The number of hydrogen-bond acceptors (Lipinski definition) is 4. The molecule has 7 nitrogen and oxygen atoms in total. The molecule has 2 aromatic heterocycles. The smallest absolute Gasteiger partial charge is 0.273 e. The number of carbonyl (C=O) groups excluding carboxylic acids is 2. The van der Waals surface area contributed by atoms with Crippen LogP contribution in [0.1, 0.15) is 57.9 Å². The minimum Gasteiger partial charge on any atom is -0.337 e. The van der Waals surface area contributed by atoms with Crippen molar-refractivity contribution in [2.24, 2.45) is 0 Å². The lowest BCUT2D eigenvalue weighted by Crippen LogP contribution is -2.50. The van der Waals surface area contributed by atoms with Crippen molar-refractivity contribution in [3.8, 4) is 5.69 Å². The highest BCUT2D eigenvalue weighted by atomic mass is 35.5. The summed E-state index contributed by atoms with van der Waals surface area (Å²) in [5.74, 6) is -0.105. The predicted molar refractivity (Wildman–Crippen MR) is 121 cm³/mol. The van der Waals surface area contributed by atoms with Gasteiger partial charge < -0.3 is 9.80 Å². The molecule has 2 unspecified atom stereocenters. The minimum absolute atomic E-state index is 0.0237. The molecule has 2 aliphatic heterocycles. The molecule has 0 spiro atoms. The van der Waals surface area contributed by atoms with Crippen molar-refractivity contribution in [3.05, 3.63) is 76.3 Å². The van der Waals surface area contributed by atoms with Gasteiger partial charge in [-0.15, -0.1) is 0 Å². The Balaban J connectivity index is 1.42. The fraction of sp³-hybridized carbons (Fsp3) is 0.333. The molecule has 2 amide bonds. The van der Waals surface area contributed by atoms with E-state index in [9.17, 15) is 9.59 Å². The number of halogens is 1. The second-order valence-corrected chi connectivity index (χ2v) is 8.79. The lowest BCUT2D eigenvalue weighted by molar-refractivity contribution is 0.0418. The molecule has 3 aromatic rings. The third-order valence-corrected chi connectivity index (χ3v) is 6.65. The van der Waals surface area contributed by atoms with Crippen LogP contribution in [0, 0.1) is 6.92 Å². The van der Waals surface area contributed by atoms with E-state index in [0.717, 1.165) is 29.8 Å². The number of piperidine rings is 1. The monoisotopic (exact) mass is 449 g/mol. The van der Waals surface area contributed by atoms with Crippen molar-refractivity contribution in [1.29, 1.82) is 0 Å². The Hall–Kier alpha value is -3.19. The van der Waals surface area contributed by atoms with Crippen LogP contribution in [-0.2, 0) is 0 Å². The van der Waals surface area contributed by atoms with E-state index in [1.54, 1.807) is 16.8 Å². The zero-order chi connectivity index (χ0) is 22.4. The van der Waals surface area contributed by atoms with Crippen LogP contribution >= 0.6 is 11.6 Å². The number of hydrogen-bond donors (Lipinski definition) is 0. The van der Waals surface area contributed by atoms with Crippen LogP contribution in [0.3, 0.4) is 0 Å². The van der Waals surface area contributed by atoms with E-state index in [4.69, 9.17) is 11.6 Å². The molecule has 5 rings (SSSR count). The van der Waals surface area contributed by atoms with Crippen molar-refractivity contribution in [2.75, 3.05) is 13.1 Å². The van der Waals surface area contributed by atoms with Crippen LogP contribution in [-0.4, -0.2) is 55.5 Å². The molecule has 2 atom stereocenters. The summed E-state index contributed by atoms with van der Waals surface area (Å²) in [6.45, 7) is 5.17. The number of nitrogens with zero attached hydrogens (tertiary/aromatic N) is 5. The minimum atomic E-state index is -0.0905. The van der Waals surface area contributed by atoms with Gasteiger partial charge in [-0.2, -0.15) is 5.10 Å². The van der Waals surface area contributed by atoms with Crippen LogP contribution in [0.15, 0.2) is 48.7 Å². The first-order valence-electron chi connectivity index (χ1n) is 10.8. The number of benzene rings is 1. The number of carbonyl (C=O) groups is 2. The normalized spacial score (nSPS) is 20.5. The molecule has 1 aromatic carbocycles. The molecule has 2 aliphatic rings. The van der Waals surface area contributed by atoms with E-state index in [1.165, 1.54) is 6.20 Å². The lowest BCUT2D eigenvalue weighted by atomic mass is 10.0. The summed E-state index contributed by atoms with van der Waals surface area (Å²) < 4.78 is 1.76. The summed E-state index contributed by atoms with van der Waals surface area (Å²) in [5.41, 5.74) is 3.85. The molecule has 164 valence electrons. The molecule has 0 N–H and O–H groups in total. The van der Waals surface area contributed by atoms with Crippen molar-refractivity contribution in [2.45, 2.75) is 38.8 Å². The quantitative estimate of drug-likeness (QED) is 0.565. The molecular weight excluding hydrogens is 426 g/mol. The number of amides is 2. The largest absolute Gasteiger partial charge is 0.337 e. The maximum atomic E-state index is 13.6. The molecule has 32 heavy (non-hydrogen) atoms.